The summed E-state index contributed by atoms with van der Waals surface area (Å²) in [5, 5.41) is 4.62. The summed E-state index contributed by atoms with van der Waals surface area (Å²) in [5.74, 6) is 0.278. The van der Waals surface area contributed by atoms with E-state index in [4.69, 9.17) is 0 Å². The number of hydrogen-bond donors (Lipinski definition) is 1. The molecule has 1 spiro atoms. The molecule has 4 nitrogen and oxygen atoms in total. The van der Waals surface area contributed by atoms with Gasteiger partial charge in [0, 0.05) is 23.8 Å². The Kier molecular flexibility index (Phi) is 3.41. The number of carbonyl (C=O) groups is 1. The first-order chi connectivity index (χ1) is 10.8. The first-order valence-electron chi connectivity index (χ1n) is 8.34. The lowest BCUT2D eigenvalue weighted by atomic mass is 9.85. The average Bonchev–Trinajstić information content (AvgIpc) is 3.13. The molecule has 22 heavy (non-hydrogen) atoms. The number of hydrogen-bond acceptors (Lipinski definition) is 2. The number of likely N-dealkylation sites (tertiary alicyclic amines) is 1. The second-order valence-electron chi connectivity index (χ2n) is 6.63. The molecule has 2 saturated heterocycles. The van der Waals surface area contributed by atoms with Gasteiger partial charge in [0.15, 0.2) is 0 Å². The highest BCUT2D eigenvalue weighted by molar-refractivity contribution is 5.83. The molecule has 0 atom stereocenters. The van der Waals surface area contributed by atoms with Crippen LogP contribution in [0.25, 0.3) is 10.9 Å². The van der Waals surface area contributed by atoms with Gasteiger partial charge < -0.3 is 14.8 Å². The minimum Gasteiger partial charge on any atom is -0.338 e. The fraction of sp³-hybridized carbons (Fsp3) is 0.500. The molecule has 116 valence electrons. The van der Waals surface area contributed by atoms with Crippen LogP contribution in [0.1, 0.15) is 25.7 Å². The molecule has 2 aliphatic heterocycles. The Labute approximate surface area is 131 Å². The van der Waals surface area contributed by atoms with Crippen molar-refractivity contribution in [3.63, 3.8) is 0 Å². The summed E-state index contributed by atoms with van der Waals surface area (Å²) in [6.07, 6.45) is 6.56. The van der Waals surface area contributed by atoms with Gasteiger partial charge in [0.05, 0.1) is 0 Å². The van der Waals surface area contributed by atoms with Gasteiger partial charge in [-0.1, -0.05) is 18.2 Å². The van der Waals surface area contributed by atoms with Crippen molar-refractivity contribution < 1.29 is 4.79 Å². The monoisotopic (exact) mass is 297 g/mol. The molecule has 2 aliphatic rings. The first kappa shape index (κ1) is 13.8. The molecular formula is C18H23N3O. The third-order valence-electron chi connectivity index (χ3n) is 5.42. The van der Waals surface area contributed by atoms with Crippen molar-refractivity contribution in [2.45, 2.75) is 37.8 Å². The SMILES string of the molecule is O=C(Cn1ccc2ccccc21)N1CCCC12CCNCC2. The van der Waals surface area contributed by atoms with Gasteiger partial charge in [-0.25, -0.2) is 0 Å². The van der Waals surface area contributed by atoms with Gasteiger partial charge in [-0.2, -0.15) is 0 Å². The van der Waals surface area contributed by atoms with E-state index in [1.165, 1.54) is 11.8 Å². The molecule has 4 rings (SSSR count). The van der Waals surface area contributed by atoms with E-state index in [9.17, 15) is 4.79 Å². The Morgan fingerprint density at radius 3 is 2.82 bits per heavy atom. The highest BCUT2D eigenvalue weighted by Crippen LogP contribution is 2.37. The van der Waals surface area contributed by atoms with Crippen LogP contribution >= 0.6 is 0 Å². The van der Waals surface area contributed by atoms with Crippen molar-refractivity contribution in [2.75, 3.05) is 19.6 Å². The van der Waals surface area contributed by atoms with Crippen LogP contribution in [0, 0.1) is 0 Å². The van der Waals surface area contributed by atoms with Gasteiger partial charge in [-0.15, -0.1) is 0 Å². The van der Waals surface area contributed by atoms with Gasteiger partial charge in [-0.3, -0.25) is 4.79 Å². The van der Waals surface area contributed by atoms with Gasteiger partial charge >= 0.3 is 0 Å². The Hall–Kier alpha value is -1.81. The molecule has 0 bridgehead atoms. The number of para-hydroxylation sites is 1. The van der Waals surface area contributed by atoms with E-state index < -0.39 is 0 Å². The van der Waals surface area contributed by atoms with E-state index in [1.807, 2.05) is 18.3 Å². The van der Waals surface area contributed by atoms with Crippen LogP contribution in [-0.2, 0) is 11.3 Å². The molecule has 0 aliphatic carbocycles. The van der Waals surface area contributed by atoms with E-state index in [2.05, 4.69) is 33.0 Å². The fourth-order valence-electron chi connectivity index (χ4n) is 4.25. The second-order valence-corrected chi connectivity index (χ2v) is 6.63. The highest BCUT2D eigenvalue weighted by Gasteiger charge is 2.43. The predicted molar refractivity (Wildman–Crippen MR) is 87.7 cm³/mol. The molecule has 3 heterocycles. The van der Waals surface area contributed by atoms with E-state index >= 15 is 0 Å². The summed E-state index contributed by atoms with van der Waals surface area (Å²) in [4.78, 5) is 15.1. The molecule has 4 heteroatoms. The summed E-state index contributed by atoms with van der Waals surface area (Å²) < 4.78 is 2.09. The Morgan fingerprint density at radius 1 is 1.14 bits per heavy atom. The van der Waals surface area contributed by atoms with Crippen LogP contribution < -0.4 is 5.32 Å². The van der Waals surface area contributed by atoms with E-state index in [0.29, 0.717) is 6.54 Å². The molecule has 0 radical (unpaired) electrons. The van der Waals surface area contributed by atoms with Crippen molar-refractivity contribution in [2.24, 2.45) is 0 Å². The number of amides is 1. The van der Waals surface area contributed by atoms with E-state index in [-0.39, 0.29) is 11.4 Å². The zero-order chi connectivity index (χ0) is 15.0. The van der Waals surface area contributed by atoms with Crippen molar-refractivity contribution in [3.05, 3.63) is 36.5 Å². The highest BCUT2D eigenvalue weighted by atomic mass is 16.2. The molecular weight excluding hydrogens is 274 g/mol. The molecule has 1 amide bonds. The lowest BCUT2D eigenvalue weighted by Gasteiger charge is -2.42. The van der Waals surface area contributed by atoms with Crippen molar-refractivity contribution in [1.82, 2.24) is 14.8 Å². The minimum absolute atomic E-state index is 0.130. The number of benzene rings is 1. The summed E-state index contributed by atoms with van der Waals surface area (Å²) >= 11 is 0. The number of carbonyl (C=O) groups excluding carboxylic acids is 1. The van der Waals surface area contributed by atoms with Gasteiger partial charge in [0.1, 0.15) is 6.54 Å². The maximum Gasteiger partial charge on any atom is 0.242 e. The van der Waals surface area contributed by atoms with Gasteiger partial charge in [0.2, 0.25) is 5.91 Å². The quantitative estimate of drug-likeness (QED) is 0.924. The van der Waals surface area contributed by atoms with Crippen molar-refractivity contribution >= 4 is 16.8 Å². The number of fused-ring (bicyclic) bond motifs is 1. The van der Waals surface area contributed by atoms with Gasteiger partial charge in [-0.05, 0) is 56.3 Å². The minimum atomic E-state index is 0.130. The largest absolute Gasteiger partial charge is 0.338 e. The van der Waals surface area contributed by atoms with Crippen LogP contribution in [0.5, 0.6) is 0 Å². The molecule has 2 fully saturated rings. The summed E-state index contributed by atoms with van der Waals surface area (Å²) in [6.45, 7) is 3.47. The topological polar surface area (TPSA) is 37.3 Å². The number of aromatic nitrogens is 1. The lowest BCUT2D eigenvalue weighted by molar-refractivity contribution is -0.136. The van der Waals surface area contributed by atoms with Crippen LogP contribution in [0.2, 0.25) is 0 Å². The lowest BCUT2D eigenvalue weighted by Crippen LogP contribution is -2.53. The van der Waals surface area contributed by atoms with E-state index in [0.717, 1.165) is 44.4 Å². The standard InChI is InChI=1S/C18H23N3O/c22-17(14-20-13-6-15-4-1-2-5-16(15)20)21-12-3-7-18(21)8-10-19-11-9-18/h1-2,4-6,13,19H,3,7-12,14H2. The van der Waals surface area contributed by atoms with Gasteiger partial charge in [0.25, 0.3) is 0 Å². The number of nitrogens with zero attached hydrogens (tertiary/aromatic N) is 2. The summed E-state index contributed by atoms with van der Waals surface area (Å²) in [6, 6.07) is 10.4. The van der Waals surface area contributed by atoms with Crippen LogP contribution in [-0.4, -0.2) is 40.5 Å². The summed E-state index contributed by atoms with van der Waals surface area (Å²) in [7, 11) is 0. The predicted octanol–water partition coefficient (Wildman–Crippen LogP) is 2.39. The number of piperidine rings is 1. The van der Waals surface area contributed by atoms with Crippen molar-refractivity contribution in [3.8, 4) is 0 Å². The van der Waals surface area contributed by atoms with Crippen LogP contribution in [0.3, 0.4) is 0 Å². The Balaban J connectivity index is 1.56. The smallest absolute Gasteiger partial charge is 0.242 e. The average molecular weight is 297 g/mol. The van der Waals surface area contributed by atoms with E-state index in [1.54, 1.807) is 0 Å². The summed E-state index contributed by atoms with van der Waals surface area (Å²) in [5.41, 5.74) is 1.28. The third-order valence-corrected chi connectivity index (χ3v) is 5.42. The fourth-order valence-corrected chi connectivity index (χ4v) is 4.25. The maximum atomic E-state index is 12.9. The number of rotatable bonds is 2. The van der Waals surface area contributed by atoms with Crippen LogP contribution in [0.4, 0.5) is 0 Å². The Morgan fingerprint density at radius 2 is 1.95 bits per heavy atom. The molecule has 1 aromatic carbocycles. The Bertz CT molecular complexity index is 684. The normalized spacial score (nSPS) is 20.8. The molecule has 0 unspecified atom stereocenters. The second kappa shape index (κ2) is 5.43. The third kappa shape index (κ3) is 2.22. The molecule has 1 aromatic heterocycles. The molecule has 1 N–H and O–H groups in total. The number of nitrogens with one attached hydrogen (secondary N) is 1. The van der Waals surface area contributed by atoms with Crippen molar-refractivity contribution in [1.29, 1.82) is 0 Å². The zero-order valence-electron chi connectivity index (χ0n) is 12.9. The molecule has 2 aromatic rings. The molecule has 0 saturated carbocycles. The van der Waals surface area contributed by atoms with Crippen LogP contribution in [0.15, 0.2) is 36.5 Å². The zero-order valence-corrected chi connectivity index (χ0v) is 12.9. The first-order valence-corrected chi connectivity index (χ1v) is 8.34. The maximum absolute atomic E-state index is 12.9.